The second-order valence-electron chi connectivity index (χ2n) is 7.45. The van der Waals surface area contributed by atoms with E-state index in [2.05, 4.69) is 21.6 Å². The molecule has 0 atom stereocenters. The Bertz CT molecular complexity index is 1120. The van der Waals surface area contributed by atoms with Crippen LogP contribution in [0.25, 0.3) is 11.0 Å². The number of imidazole rings is 1. The van der Waals surface area contributed by atoms with Gasteiger partial charge >= 0.3 is 0 Å². The van der Waals surface area contributed by atoms with Gasteiger partial charge in [0.2, 0.25) is 15.9 Å². The van der Waals surface area contributed by atoms with Crippen molar-refractivity contribution in [2.75, 3.05) is 14.1 Å². The molecule has 0 saturated heterocycles. The molecule has 4 rings (SSSR count). The van der Waals surface area contributed by atoms with Crippen molar-refractivity contribution in [3.63, 3.8) is 0 Å². The van der Waals surface area contributed by atoms with Gasteiger partial charge in [0.25, 0.3) is 0 Å². The van der Waals surface area contributed by atoms with Gasteiger partial charge in [-0.25, -0.2) is 17.7 Å². The highest BCUT2D eigenvalue weighted by atomic mass is 32.2. The minimum absolute atomic E-state index is 0.249. The lowest BCUT2D eigenvalue weighted by Gasteiger charge is -2.11. The molecule has 1 saturated carbocycles. The molecular weight excluding hydrogens is 410 g/mol. The summed E-state index contributed by atoms with van der Waals surface area (Å²) < 4.78 is 33.6. The highest BCUT2D eigenvalue weighted by Crippen LogP contribution is 2.39. The Morgan fingerprint density at radius 2 is 2.07 bits per heavy atom. The zero-order chi connectivity index (χ0) is 20.6. The second-order valence-corrected chi connectivity index (χ2v) is 10.5. The zero-order valence-corrected chi connectivity index (χ0v) is 18.5. The van der Waals surface area contributed by atoms with E-state index in [1.807, 2.05) is 6.07 Å². The van der Waals surface area contributed by atoms with Gasteiger partial charge in [0.05, 0.1) is 21.7 Å². The van der Waals surface area contributed by atoms with Crippen LogP contribution in [0.1, 0.15) is 50.2 Å². The average Bonchev–Trinajstić information content (AvgIpc) is 3.33. The number of sulfonamides is 1. The fraction of sp³-hybridized carbons (Fsp3) is 0.526. The summed E-state index contributed by atoms with van der Waals surface area (Å²) in [6.07, 6.45) is 4.33. The summed E-state index contributed by atoms with van der Waals surface area (Å²) >= 11 is 1.55. The number of thioether (sulfide) groups is 1. The van der Waals surface area contributed by atoms with Gasteiger partial charge in [0.1, 0.15) is 0 Å². The van der Waals surface area contributed by atoms with E-state index in [0.717, 1.165) is 48.8 Å². The molecule has 10 heteroatoms. The number of rotatable bonds is 9. The molecule has 0 spiro atoms. The number of fused-ring (bicyclic) bond motifs is 1. The number of benzene rings is 1. The molecule has 0 aliphatic heterocycles. The Labute approximate surface area is 174 Å². The van der Waals surface area contributed by atoms with Crippen LogP contribution < -0.4 is 0 Å². The summed E-state index contributed by atoms with van der Waals surface area (Å²) in [7, 11) is -0.440. The monoisotopic (exact) mass is 435 g/mol. The molecule has 1 aliphatic rings. The molecule has 1 fully saturated rings. The molecule has 0 amide bonds. The number of aryl methyl sites for hydroxylation is 1. The molecule has 1 aliphatic carbocycles. The predicted octanol–water partition coefficient (Wildman–Crippen LogP) is 3.64. The van der Waals surface area contributed by atoms with Crippen molar-refractivity contribution in [3.8, 4) is 0 Å². The van der Waals surface area contributed by atoms with E-state index >= 15 is 0 Å². The van der Waals surface area contributed by atoms with Crippen LogP contribution in [-0.2, 0) is 22.3 Å². The standard InChI is InChI=1S/C19H25N5O3S2/c1-4-5-10-24-16-9-8-14(29(25,26)23(2)3)11-15(16)20-19(24)28-12-17-21-18(27-22-17)13-6-7-13/h8-9,11,13H,4-7,10,12H2,1-3H3. The van der Waals surface area contributed by atoms with Gasteiger partial charge in [0, 0.05) is 26.6 Å². The van der Waals surface area contributed by atoms with Gasteiger partial charge in [-0.15, -0.1) is 0 Å². The van der Waals surface area contributed by atoms with E-state index in [9.17, 15) is 8.42 Å². The van der Waals surface area contributed by atoms with Crippen molar-refractivity contribution in [1.29, 1.82) is 0 Å². The SMILES string of the molecule is CCCCn1c(SCc2noc(C3CC3)n2)nc2cc(S(=O)(=O)N(C)C)ccc21. The third-order valence-electron chi connectivity index (χ3n) is 4.94. The van der Waals surface area contributed by atoms with Crippen LogP contribution in [0.2, 0.25) is 0 Å². The number of hydrogen-bond acceptors (Lipinski definition) is 7. The van der Waals surface area contributed by atoms with E-state index in [0.29, 0.717) is 23.0 Å². The fourth-order valence-corrected chi connectivity index (χ4v) is 4.86. The highest BCUT2D eigenvalue weighted by molar-refractivity contribution is 7.98. The summed E-state index contributed by atoms with van der Waals surface area (Å²) in [5.74, 6) is 2.40. The van der Waals surface area contributed by atoms with E-state index < -0.39 is 10.0 Å². The van der Waals surface area contributed by atoms with Crippen molar-refractivity contribution >= 4 is 32.8 Å². The summed E-state index contributed by atoms with van der Waals surface area (Å²) in [4.78, 5) is 9.45. The Hall–Kier alpha value is -1.91. The van der Waals surface area contributed by atoms with Crippen LogP contribution in [0.4, 0.5) is 0 Å². The average molecular weight is 436 g/mol. The minimum Gasteiger partial charge on any atom is -0.339 e. The van der Waals surface area contributed by atoms with E-state index in [1.54, 1.807) is 23.9 Å². The highest BCUT2D eigenvalue weighted by Gasteiger charge is 2.29. The first-order chi connectivity index (χ1) is 13.9. The lowest BCUT2D eigenvalue weighted by molar-refractivity contribution is 0.375. The van der Waals surface area contributed by atoms with Gasteiger partial charge in [-0.05, 0) is 37.5 Å². The first-order valence-corrected chi connectivity index (χ1v) is 12.2. The molecule has 8 nitrogen and oxygen atoms in total. The van der Waals surface area contributed by atoms with Crippen molar-refractivity contribution < 1.29 is 12.9 Å². The molecule has 2 aromatic heterocycles. The molecule has 156 valence electrons. The smallest absolute Gasteiger partial charge is 0.242 e. The first kappa shape index (κ1) is 20.4. The molecular formula is C19H25N5O3S2. The maximum atomic E-state index is 12.5. The van der Waals surface area contributed by atoms with E-state index in [4.69, 9.17) is 9.51 Å². The molecule has 3 aromatic rings. The Balaban J connectivity index is 1.63. The van der Waals surface area contributed by atoms with E-state index in [-0.39, 0.29) is 4.90 Å². The number of unbranched alkanes of at least 4 members (excludes halogenated alkanes) is 1. The Morgan fingerprint density at radius 3 is 2.76 bits per heavy atom. The summed E-state index contributed by atoms with van der Waals surface area (Å²) in [6, 6.07) is 5.14. The van der Waals surface area contributed by atoms with Crippen LogP contribution in [0.5, 0.6) is 0 Å². The summed E-state index contributed by atoms with van der Waals surface area (Å²) in [5.41, 5.74) is 1.61. The predicted molar refractivity (Wildman–Crippen MR) is 111 cm³/mol. The molecule has 0 unspecified atom stereocenters. The lowest BCUT2D eigenvalue weighted by Crippen LogP contribution is -2.22. The summed E-state index contributed by atoms with van der Waals surface area (Å²) in [6.45, 7) is 2.97. The van der Waals surface area contributed by atoms with Crippen LogP contribution in [0.3, 0.4) is 0 Å². The molecule has 0 N–H and O–H groups in total. The van der Waals surface area contributed by atoms with Crippen molar-refractivity contribution in [1.82, 2.24) is 24.0 Å². The third-order valence-corrected chi connectivity index (χ3v) is 7.72. The second kappa shape index (κ2) is 8.08. The largest absolute Gasteiger partial charge is 0.339 e. The molecule has 29 heavy (non-hydrogen) atoms. The van der Waals surface area contributed by atoms with Crippen molar-refractivity contribution in [2.24, 2.45) is 0 Å². The van der Waals surface area contributed by atoms with Crippen molar-refractivity contribution in [2.45, 2.75) is 60.9 Å². The van der Waals surface area contributed by atoms with Crippen molar-refractivity contribution in [3.05, 3.63) is 29.9 Å². The zero-order valence-electron chi connectivity index (χ0n) is 16.8. The maximum Gasteiger partial charge on any atom is 0.242 e. The van der Waals surface area contributed by atoms with Crippen LogP contribution in [-0.4, -0.2) is 46.5 Å². The fourth-order valence-electron chi connectivity index (χ4n) is 3.05. The summed E-state index contributed by atoms with van der Waals surface area (Å²) in [5, 5.41) is 4.91. The number of aromatic nitrogens is 4. The first-order valence-electron chi connectivity index (χ1n) is 9.78. The molecule has 0 bridgehead atoms. The lowest BCUT2D eigenvalue weighted by atomic mass is 10.3. The molecule has 2 heterocycles. The van der Waals surface area contributed by atoms with Gasteiger partial charge in [-0.2, -0.15) is 4.98 Å². The topological polar surface area (TPSA) is 94.1 Å². The van der Waals surface area contributed by atoms with Gasteiger partial charge in [-0.3, -0.25) is 0 Å². The normalized spacial score (nSPS) is 14.9. The Kier molecular flexibility index (Phi) is 5.67. The number of hydrogen-bond donors (Lipinski definition) is 0. The van der Waals surface area contributed by atoms with Gasteiger partial charge in [-0.1, -0.05) is 30.3 Å². The maximum absolute atomic E-state index is 12.5. The van der Waals surface area contributed by atoms with E-state index in [1.165, 1.54) is 18.4 Å². The minimum atomic E-state index is -3.50. The van der Waals surface area contributed by atoms with Gasteiger partial charge in [0.15, 0.2) is 11.0 Å². The van der Waals surface area contributed by atoms with Gasteiger partial charge < -0.3 is 9.09 Å². The molecule has 1 aromatic carbocycles. The quantitative estimate of drug-likeness (QED) is 0.474. The third kappa shape index (κ3) is 4.19. The molecule has 0 radical (unpaired) electrons. The van der Waals surface area contributed by atoms with Crippen LogP contribution in [0, 0.1) is 0 Å². The Morgan fingerprint density at radius 1 is 1.28 bits per heavy atom. The number of nitrogens with zero attached hydrogens (tertiary/aromatic N) is 5. The van der Waals surface area contributed by atoms with Crippen LogP contribution in [0.15, 0.2) is 32.8 Å². The van der Waals surface area contributed by atoms with Crippen LogP contribution >= 0.6 is 11.8 Å².